The van der Waals surface area contributed by atoms with Gasteiger partial charge in [-0.25, -0.2) is 13.4 Å². The van der Waals surface area contributed by atoms with E-state index in [4.69, 9.17) is 21.9 Å². The fraction of sp³-hybridized carbons (Fsp3) is 0.200. The molecule has 8 nitrogen and oxygen atoms in total. The van der Waals surface area contributed by atoms with Gasteiger partial charge >= 0.3 is 0 Å². The molecule has 0 heterocycles. The molecule has 1 aromatic rings. The number of benzene rings is 1. The zero-order valence-corrected chi connectivity index (χ0v) is 11.3. The normalized spacial score (nSPS) is 12.0. The first-order chi connectivity index (χ1) is 8.72. The van der Waals surface area contributed by atoms with E-state index in [2.05, 4.69) is 9.98 Å². The zero-order chi connectivity index (χ0) is 14.6. The summed E-state index contributed by atoms with van der Waals surface area (Å²) in [6, 6.07) is 4.22. The minimum absolute atomic E-state index is 0.0584. The van der Waals surface area contributed by atoms with Gasteiger partial charge in [-0.2, -0.15) is 4.99 Å². The zero-order valence-electron chi connectivity index (χ0n) is 10.5. The third-order valence-corrected chi connectivity index (χ3v) is 3.11. The van der Waals surface area contributed by atoms with Gasteiger partial charge in [0, 0.05) is 12.3 Å². The van der Waals surface area contributed by atoms with Gasteiger partial charge in [0.2, 0.25) is 5.96 Å². The number of nitrogens with two attached hydrogens (primary N) is 3. The molecule has 0 spiro atoms. The third-order valence-electron chi connectivity index (χ3n) is 2.02. The van der Waals surface area contributed by atoms with Crippen molar-refractivity contribution in [1.82, 2.24) is 0 Å². The summed E-state index contributed by atoms with van der Waals surface area (Å²) in [5.74, 6) is -0.0978. The number of ether oxygens (including phenoxy) is 1. The van der Waals surface area contributed by atoms with Gasteiger partial charge in [-0.1, -0.05) is 0 Å². The van der Waals surface area contributed by atoms with E-state index in [1.165, 1.54) is 25.3 Å². The van der Waals surface area contributed by atoms with Crippen LogP contribution in [0.25, 0.3) is 0 Å². The first kappa shape index (κ1) is 14.8. The van der Waals surface area contributed by atoms with Gasteiger partial charge in [-0.3, -0.25) is 0 Å². The lowest BCUT2D eigenvalue weighted by molar-refractivity contribution is 0.413. The van der Waals surface area contributed by atoms with Gasteiger partial charge in [-0.15, -0.1) is 0 Å². The van der Waals surface area contributed by atoms with Gasteiger partial charge in [-0.05, 0) is 12.1 Å². The summed E-state index contributed by atoms with van der Waals surface area (Å²) in [6.45, 7) is 0. The van der Waals surface area contributed by atoms with E-state index in [1.807, 2.05) is 0 Å². The van der Waals surface area contributed by atoms with Crippen molar-refractivity contribution in [2.75, 3.05) is 13.4 Å². The topological polar surface area (TPSA) is 146 Å². The first-order valence-electron chi connectivity index (χ1n) is 5.05. The predicted molar refractivity (Wildman–Crippen MR) is 73.2 cm³/mol. The maximum absolute atomic E-state index is 11.5. The molecule has 0 aliphatic rings. The lowest BCUT2D eigenvalue weighted by Crippen LogP contribution is -2.26. The summed E-state index contributed by atoms with van der Waals surface area (Å²) in [6.07, 6.45) is 1.08. The van der Waals surface area contributed by atoms with Crippen molar-refractivity contribution in [1.29, 1.82) is 0 Å². The van der Waals surface area contributed by atoms with Crippen LogP contribution in [0, 0.1) is 0 Å². The van der Waals surface area contributed by atoms with Gasteiger partial charge in [0.15, 0.2) is 15.8 Å². The second kappa shape index (κ2) is 5.57. The van der Waals surface area contributed by atoms with Gasteiger partial charge in [0.05, 0.1) is 17.7 Å². The summed E-state index contributed by atoms with van der Waals surface area (Å²) in [5.41, 5.74) is 16.0. The van der Waals surface area contributed by atoms with Crippen LogP contribution in [-0.4, -0.2) is 33.7 Å². The van der Waals surface area contributed by atoms with Crippen molar-refractivity contribution in [3.05, 3.63) is 18.2 Å². The van der Waals surface area contributed by atoms with E-state index in [1.54, 1.807) is 0 Å². The summed E-state index contributed by atoms with van der Waals surface area (Å²) in [4.78, 5) is 7.47. The molecule has 0 fully saturated rings. The Morgan fingerprint density at radius 3 is 2.32 bits per heavy atom. The van der Waals surface area contributed by atoms with E-state index in [0.717, 1.165) is 6.26 Å². The Morgan fingerprint density at radius 1 is 1.21 bits per heavy atom. The van der Waals surface area contributed by atoms with Crippen LogP contribution in [0.3, 0.4) is 0 Å². The van der Waals surface area contributed by atoms with Crippen LogP contribution in [0.4, 0.5) is 5.69 Å². The maximum Gasteiger partial charge on any atom is 0.223 e. The molecule has 0 aliphatic heterocycles. The Labute approximate surface area is 110 Å². The molecule has 0 saturated heterocycles. The lowest BCUT2D eigenvalue weighted by atomic mass is 10.3. The van der Waals surface area contributed by atoms with Crippen LogP contribution in [0.15, 0.2) is 33.1 Å². The Hall–Kier alpha value is -2.29. The van der Waals surface area contributed by atoms with Crippen molar-refractivity contribution >= 4 is 27.4 Å². The van der Waals surface area contributed by atoms with E-state index in [9.17, 15) is 8.42 Å². The van der Waals surface area contributed by atoms with Crippen molar-refractivity contribution in [2.24, 2.45) is 27.2 Å². The molecule has 0 atom stereocenters. The smallest absolute Gasteiger partial charge is 0.223 e. The van der Waals surface area contributed by atoms with Gasteiger partial charge in [0.1, 0.15) is 5.75 Å². The number of sulfone groups is 1. The number of hydrogen-bond acceptors (Lipinski definition) is 4. The summed E-state index contributed by atoms with van der Waals surface area (Å²) in [5, 5.41) is 0. The second-order valence-electron chi connectivity index (χ2n) is 3.65. The highest BCUT2D eigenvalue weighted by Gasteiger charge is 2.10. The molecule has 0 aromatic heterocycles. The molecule has 0 bridgehead atoms. The standard InChI is InChI=1S/C10H15N5O3S/c1-18-7-3-6(14-10(13)15-9(11)12)4-8(5-7)19(2,16)17/h3-5H,1-2H3,(H6,11,12,13,14,15). The number of hydrogen-bond donors (Lipinski definition) is 3. The highest BCUT2D eigenvalue weighted by Crippen LogP contribution is 2.25. The minimum Gasteiger partial charge on any atom is -0.497 e. The quantitative estimate of drug-likeness (QED) is 0.495. The molecule has 1 rings (SSSR count). The summed E-state index contributed by atoms with van der Waals surface area (Å²) < 4.78 is 28.0. The van der Waals surface area contributed by atoms with Gasteiger partial charge < -0.3 is 21.9 Å². The van der Waals surface area contributed by atoms with Crippen LogP contribution < -0.4 is 21.9 Å². The van der Waals surface area contributed by atoms with Crippen molar-refractivity contribution in [3.63, 3.8) is 0 Å². The molecule has 0 unspecified atom stereocenters. The molecule has 0 aliphatic carbocycles. The Bertz CT molecular complexity index is 633. The number of rotatable bonds is 3. The minimum atomic E-state index is -3.39. The predicted octanol–water partition coefficient (Wildman–Crippen LogP) is -0.682. The molecule has 1 aromatic carbocycles. The molecular weight excluding hydrogens is 270 g/mol. The second-order valence-corrected chi connectivity index (χ2v) is 5.66. The van der Waals surface area contributed by atoms with E-state index in [-0.39, 0.29) is 22.5 Å². The molecule has 0 amide bonds. The highest BCUT2D eigenvalue weighted by atomic mass is 32.2. The molecule has 0 radical (unpaired) electrons. The monoisotopic (exact) mass is 285 g/mol. The SMILES string of the molecule is COc1cc(N=C(N)N=C(N)N)cc(S(C)(=O)=O)c1. The van der Waals surface area contributed by atoms with Crippen molar-refractivity contribution in [3.8, 4) is 5.75 Å². The Morgan fingerprint density at radius 2 is 1.84 bits per heavy atom. The molecule has 104 valence electrons. The van der Waals surface area contributed by atoms with Gasteiger partial charge in [0.25, 0.3) is 0 Å². The molecule has 9 heteroatoms. The summed E-state index contributed by atoms with van der Waals surface area (Å²) >= 11 is 0. The van der Waals surface area contributed by atoms with E-state index >= 15 is 0 Å². The molecule has 19 heavy (non-hydrogen) atoms. The molecule has 0 saturated carbocycles. The molecule has 6 N–H and O–H groups in total. The maximum atomic E-state index is 11.5. The number of guanidine groups is 2. The number of methoxy groups -OCH3 is 1. The van der Waals surface area contributed by atoms with Crippen LogP contribution in [0.2, 0.25) is 0 Å². The molecular formula is C10H15N5O3S. The Kier molecular flexibility index (Phi) is 4.33. The Balaban J connectivity index is 3.33. The third kappa shape index (κ3) is 4.47. The first-order valence-corrected chi connectivity index (χ1v) is 6.94. The largest absolute Gasteiger partial charge is 0.497 e. The van der Waals surface area contributed by atoms with E-state index in [0.29, 0.717) is 5.75 Å². The fourth-order valence-electron chi connectivity index (χ4n) is 1.24. The van der Waals surface area contributed by atoms with Crippen molar-refractivity contribution in [2.45, 2.75) is 4.90 Å². The summed E-state index contributed by atoms with van der Waals surface area (Å²) in [7, 11) is -1.98. The number of aliphatic imine (C=N–C) groups is 2. The van der Waals surface area contributed by atoms with Crippen LogP contribution >= 0.6 is 0 Å². The average Bonchev–Trinajstić information content (AvgIpc) is 2.25. The lowest BCUT2D eigenvalue weighted by Gasteiger charge is -2.05. The van der Waals surface area contributed by atoms with Crippen molar-refractivity contribution < 1.29 is 13.2 Å². The van der Waals surface area contributed by atoms with E-state index < -0.39 is 9.84 Å². The number of nitrogens with zero attached hydrogens (tertiary/aromatic N) is 2. The average molecular weight is 285 g/mol. The van der Waals surface area contributed by atoms with Crippen LogP contribution in [0.1, 0.15) is 0 Å². The highest BCUT2D eigenvalue weighted by molar-refractivity contribution is 7.90. The fourth-order valence-corrected chi connectivity index (χ4v) is 1.91. The van der Waals surface area contributed by atoms with Crippen LogP contribution in [-0.2, 0) is 9.84 Å². The van der Waals surface area contributed by atoms with Crippen LogP contribution in [0.5, 0.6) is 5.75 Å².